The van der Waals surface area contributed by atoms with Crippen LogP contribution in [0.4, 0.5) is 0 Å². The number of hydrogen-bond acceptors (Lipinski definition) is 3. The van der Waals surface area contributed by atoms with Crippen LogP contribution >= 0.6 is 21.2 Å². The molecule has 78 valence electrons. The Morgan fingerprint density at radius 3 is 2.31 bits per heavy atom. The van der Waals surface area contributed by atoms with Crippen molar-refractivity contribution in [2.24, 2.45) is 0 Å². The third-order valence-corrected chi connectivity index (χ3v) is 1.29. The van der Waals surface area contributed by atoms with E-state index in [0.717, 1.165) is 19.3 Å². The Labute approximate surface area is 112 Å². The Balaban J connectivity index is -0.000000309. The summed E-state index contributed by atoms with van der Waals surface area (Å²) in [6.07, 6.45) is 3.19. The number of ether oxygens (including phenoxy) is 1. The summed E-state index contributed by atoms with van der Waals surface area (Å²) in [4.78, 5) is 10.5. The predicted molar refractivity (Wildman–Crippen MR) is 61.1 cm³/mol. The maximum Gasteiger partial charge on any atom is 2.00 e. The molecular weight excluding hydrogens is 473 g/mol. The third kappa shape index (κ3) is 19.6. The van der Waals surface area contributed by atoms with Gasteiger partial charge in [0.05, 0.1) is 7.11 Å². The smallest absolute Gasteiger partial charge is 0.713 e. The summed E-state index contributed by atoms with van der Waals surface area (Å²) in [5.41, 5.74) is 6.82. The normalized spacial score (nSPS) is 7.69. The minimum atomic E-state index is -0.148. The number of carbonyl (C=O) groups excluding carboxylic acids is 1. The standard InChI is InChI=1S/C7H14NO2.IS.W/c1-10-7(9)5-3-2-4-6-8;1-2;/h8H,2-6H2,1H3;;/q2*-1;+2. The zero-order chi connectivity index (χ0) is 9.82. The van der Waals surface area contributed by atoms with Gasteiger partial charge in [-0.25, -0.2) is 0 Å². The molecule has 0 radical (unpaired) electrons. The minimum absolute atomic E-state index is 0. The van der Waals surface area contributed by atoms with Crippen LogP contribution in [-0.2, 0) is 40.4 Å². The summed E-state index contributed by atoms with van der Waals surface area (Å²) < 4.78 is 4.44. The van der Waals surface area contributed by atoms with E-state index in [-0.39, 0.29) is 27.0 Å². The van der Waals surface area contributed by atoms with Gasteiger partial charge in [-0.2, -0.15) is 6.54 Å². The zero-order valence-corrected chi connectivity index (χ0v) is 13.5. The van der Waals surface area contributed by atoms with E-state index in [0.29, 0.717) is 13.0 Å². The average Bonchev–Trinajstić information content (AvgIpc) is 2.15. The summed E-state index contributed by atoms with van der Waals surface area (Å²) >= 11 is 1.73. The molecule has 3 nitrogen and oxygen atoms in total. The molecule has 0 aliphatic carbocycles. The molecule has 0 unspecified atom stereocenters. The van der Waals surface area contributed by atoms with Crippen LogP contribution < -0.4 is 0 Å². The molecule has 0 fully saturated rings. The summed E-state index contributed by atoms with van der Waals surface area (Å²) in [5, 5.41) is 0. The molecule has 1 N–H and O–H groups in total. The first-order valence-corrected chi connectivity index (χ1v) is 6.63. The van der Waals surface area contributed by atoms with Crippen molar-refractivity contribution >= 4 is 37.0 Å². The molecule has 0 bridgehead atoms. The SMILES string of the molecule is COC(=O)CCCCC[NH-].[S-]I.[W+2]. The molecular formula is C7H14INO2SW. The van der Waals surface area contributed by atoms with Gasteiger partial charge in [0.25, 0.3) is 0 Å². The van der Waals surface area contributed by atoms with Crippen LogP contribution in [0.3, 0.4) is 0 Å². The molecule has 6 heteroatoms. The van der Waals surface area contributed by atoms with Crippen molar-refractivity contribution in [1.82, 2.24) is 0 Å². The van der Waals surface area contributed by atoms with E-state index in [1.807, 2.05) is 0 Å². The van der Waals surface area contributed by atoms with Gasteiger partial charge in [0.1, 0.15) is 0 Å². The fourth-order valence-electron chi connectivity index (χ4n) is 0.673. The van der Waals surface area contributed by atoms with Gasteiger partial charge in [0.15, 0.2) is 0 Å². The summed E-state index contributed by atoms with van der Waals surface area (Å²) in [7, 11) is 5.45. The van der Waals surface area contributed by atoms with Crippen molar-refractivity contribution in [3.8, 4) is 0 Å². The maximum absolute atomic E-state index is 10.5. The molecule has 13 heavy (non-hydrogen) atoms. The first kappa shape index (κ1) is 19.7. The topological polar surface area (TPSA) is 50.1 Å². The zero-order valence-electron chi connectivity index (χ0n) is 7.55. The van der Waals surface area contributed by atoms with Crippen LogP contribution in [0.2, 0.25) is 0 Å². The fourth-order valence-corrected chi connectivity index (χ4v) is 0.673. The molecule has 0 saturated carbocycles. The largest absolute Gasteiger partial charge is 2.00 e. The summed E-state index contributed by atoms with van der Waals surface area (Å²) in [6.45, 7) is 0.459. The van der Waals surface area contributed by atoms with E-state index in [1.165, 1.54) is 7.11 Å². The number of hydrogen-bond donors (Lipinski definition) is 0. The molecule has 0 aliphatic rings. The summed E-state index contributed by atoms with van der Waals surface area (Å²) in [6, 6.07) is 0. The third-order valence-electron chi connectivity index (χ3n) is 1.29. The van der Waals surface area contributed by atoms with Crippen LogP contribution in [-0.4, -0.2) is 19.6 Å². The van der Waals surface area contributed by atoms with Crippen molar-refractivity contribution < 1.29 is 30.6 Å². The quantitative estimate of drug-likeness (QED) is 0.260. The second-order valence-electron chi connectivity index (χ2n) is 2.14. The molecule has 0 aliphatic heterocycles. The van der Waals surface area contributed by atoms with Crippen molar-refractivity contribution in [2.75, 3.05) is 13.7 Å². The van der Waals surface area contributed by atoms with Crippen LogP contribution in [0.1, 0.15) is 25.7 Å². The van der Waals surface area contributed by atoms with E-state index in [1.54, 1.807) is 21.2 Å². The molecule has 0 heterocycles. The van der Waals surface area contributed by atoms with E-state index in [9.17, 15) is 4.79 Å². The van der Waals surface area contributed by atoms with Gasteiger partial charge in [-0.05, 0) is 6.42 Å². The fraction of sp³-hybridized carbons (Fsp3) is 0.857. The molecule has 0 spiro atoms. The van der Waals surface area contributed by atoms with Crippen LogP contribution in [0, 0.1) is 0 Å². The Kier molecular flexibility index (Phi) is 28.6. The van der Waals surface area contributed by atoms with Crippen molar-refractivity contribution in [3.05, 3.63) is 5.73 Å². The number of carbonyl (C=O) groups is 1. The van der Waals surface area contributed by atoms with E-state index >= 15 is 0 Å². The second-order valence-corrected chi connectivity index (χ2v) is 2.14. The molecule has 0 rings (SSSR count). The number of rotatable bonds is 5. The molecule has 0 amide bonds. The monoisotopic (exact) mass is 487 g/mol. The van der Waals surface area contributed by atoms with Gasteiger partial charge in [-0.1, -0.05) is 12.8 Å². The average molecular weight is 487 g/mol. The molecule has 0 aromatic carbocycles. The number of unbranched alkanes of at least 4 members (excludes halogenated alkanes) is 2. The number of halogens is 1. The van der Waals surface area contributed by atoms with Gasteiger partial charge in [0.2, 0.25) is 0 Å². The van der Waals surface area contributed by atoms with E-state index in [4.69, 9.17) is 5.73 Å². The van der Waals surface area contributed by atoms with Gasteiger partial charge in [-0.15, -0.1) is 0 Å². The number of methoxy groups -OCH3 is 1. The Hall–Kier alpha value is 1.20. The molecule has 0 saturated heterocycles. The molecule has 0 atom stereocenters. The first-order chi connectivity index (χ1) is 5.81. The van der Waals surface area contributed by atoms with Crippen LogP contribution in [0.5, 0.6) is 0 Å². The summed E-state index contributed by atoms with van der Waals surface area (Å²) in [5.74, 6) is -0.148. The maximum atomic E-state index is 10.5. The minimum Gasteiger partial charge on any atom is -0.713 e. The van der Waals surface area contributed by atoms with E-state index < -0.39 is 0 Å². The van der Waals surface area contributed by atoms with Crippen LogP contribution in [0.25, 0.3) is 5.73 Å². The van der Waals surface area contributed by atoms with Gasteiger partial charge < -0.3 is 20.3 Å². The first-order valence-electron chi connectivity index (χ1n) is 3.68. The van der Waals surface area contributed by atoms with Crippen molar-refractivity contribution in [2.45, 2.75) is 25.7 Å². The van der Waals surface area contributed by atoms with Crippen molar-refractivity contribution in [3.63, 3.8) is 0 Å². The van der Waals surface area contributed by atoms with Crippen LogP contribution in [0.15, 0.2) is 0 Å². The Morgan fingerprint density at radius 2 is 1.92 bits per heavy atom. The Morgan fingerprint density at radius 1 is 1.38 bits per heavy atom. The Bertz CT molecular complexity index is 108. The molecule has 0 aromatic heterocycles. The number of nitrogens with one attached hydrogen (secondary N) is 1. The van der Waals surface area contributed by atoms with Gasteiger partial charge in [0, 0.05) is 6.42 Å². The molecule has 0 aromatic rings. The number of esters is 1. The van der Waals surface area contributed by atoms with E-state index in [2.05, 4.69) is 14.5 Å². The van der Waals surface area contributed by atoms with Gasteiger partial charge in [-0.3, -0.25) is 26.0 Å². The van der Waals surface area contributed by atoms with Crippen molar-refractivity contribution in [1.29, 1.82) is 0 Å². The van der Waals surface area contributed by atoms with Gasteiger partial charge >= 0.3 is 27.0 Å². The predicted octanol–water partition coefficient (Wildman–Crippen LogP) is 2.65. The second kappa shape index (κ2) is 18.9.